The number of hydrogen-bond acceptors (Lipinski definition) is 4. The van der Waals surface area contributed by atoms with Crippen LogP contribution < -0.4 is 9.64 Å². The van der Waals surface area contributed by atoms with Gasteiger partial charge in [0, 0.05) is 19.3 Å². The van der Waals surface area contributed by atoms with Crippen molar-refractivity contribution >= 4 is 21.6 Å². The molecular weight excluding hydrogens is 541 g/mol. The topological polar surface area (TPSA) is 66.9 Å². The normalized spacial score (nSPS) is 16.4. The van der Waals surface area contributed by atoms with Gasteiger partial charge in [-0.3, -0.25) is 4.79 Å². The van der Waals surface area contributed by atoms with E-state index in [2.05, 4.69) is 4.74 Å². The Kier molecular flexibility index (Phi) is 7.39. The second-order valence-corrected chi connectivity index (χ2v) is 11.2. The first-order valence-electron chi connectivity index (χ1n) is 12.4. The van der Waals surface area contributed by atoms with Crippen molar-refractivity contribution in [3.63, 3.8) is 0 Å². The summed E-state index contributed by atoms with van der Waals surface area (Å²) in [4.78, 5) is 14.6. The van der Waals surface area contributed by atoms with E-state index in [4.69, 9.17) is 0 Å². The molecular formula is C30H25F3N2O4S. The molecule has 10 heteroatoms. The predicted octanol–water partition coefficient (Wildman–Crippen LogP) is 6.03. The van der Waals surface area contributed by atoms with E-state index in [1.807, 2.05) is 48.5 Å². The highest BCUT2D eigenvalue weighted by Crippen LogP contribution is 2.36. The lowest BCUT2D eigenvalue weighted by Crippen LogP contribution is -2.49. The second-order valence-electron chi connectivity index (χ2n) is 9.36. The molecule has 40 heavy (non-hydrogen) atoms. The number of sulfonamides is 1. The third kappa shape index (κ3) is 5.59. The fraction of sp³-hybridized carbons (Fsp3) is 0.167. The number of benzene rings is 4. The van der Waals surface area contributed by atoms with Crippen LogP contribution in [0.4, 0.5) is 18.9 Å². The second kappa shape index (κ2) is 10.8. The number of alkyl halides is 3. The first-order chi connectivity index (χ1) is 19.0. The van der Waals surface area contributed by atoms with Gasteiger partial charge >= 0.3 is 6.36 Å². The zero-order valence-corrected chi connectivity index (χ0v) is 22.2. The van der Waals surface area contributed by atoms with Crippen LogP contribution in [0.5, 0.6) is 5.75 Å². The van der Waals surface area contributed by atoms with E-state index in [0.29, 0.717) is 16.8 Å². The fourth-order valence-electron chi connectivity index (χ4n) is 4.89. The van der Waals surface area contributed by atoms with Gasteiger partial charge in [0.05, 0.1) is 0 Å². The van der Waals surface area contributed by atoms with Crippen molar-refractivity contribution in [3.05, 3.63) is 114 Å². The summed E-state index contributed by atoms with van der Waals surface area (Å²) in [6.07, 6.45) is -5.11. The highest BCUT2D eigenvalue weighted by atomic mass is 32.2. The number of anilines is 1. The van der Waals surface area contributed by atoms with Crippen LogP contribution in [0, 0.1) is 0 Å². The summed E-state index contributed by atoms with van der Waals surface area (Å²) in [5.74, 6) is -1.37. The average Bonchev–Trinajstić information content (AvgIpc) is 3.04. The third-order valence-electron chi connectivity index (χ3n) is 6.77. The SMILES string of the molecule is CN1C(=O)C(Cc2cccc(-c3ccccc3)c2)N(S(=O)(=O)c2ccccc2OC(F)(F)F)Cc2ccccc21. The lowest BCUT2D eigenvalue weighted by Gasteiger charge is -2.30. The maximum absolute atomic E-state index is 14.1. The quantitative estimate of drug-likeness (QED) is 0.286. The molecule has 1 atom stereocenters. The summed E-state index contributed by atoms with van der Waals surface area (Å²) in [5.41, 5.74) is 3.58. The van der Waals surface area contributed by atoms with Gasteiger partial charge in [-0.15, -0.1) is 13.2 Å². The van der Waals surface area contributed by atoms with Crippen molar-refractivity contribution < 1.29 is 31.1 Å². The molecule has 0 radical (unpaired) electrons. The summed E-state index contributed by atoms with van der Waals surface area (Å²) >= 11 is 0. The molecule has 0 fully saturated rings. The number of halogens is 3. The minimum atomic E-state index is -5.11. The van der Waals surface area contributed by atoms with Crippen molar-refractivity contribution in [1.29, 1.82) is 0 Å². The van der Waals surface area contributed by atoms with E-state index in [-0.39, 0.29) is 13.0 Å². The molecule has 4 aromatic carbocycles. The van der Waals surface area contributed by atoms with Gasteiger partial charge in [-0.05, 0) is 46.9 Å². The van der Waals surface area contributed by atoms with E-state index in [1.54, 1.807) is 37.4 Å². The van der Waals surface area contributed by atoms with E-state index < -0.39 is 39.0 Å². The lowest BCUT2D eigenvalue weighted by molar-refractivity contribution is -0.275. The minimum absolute atomic E-state index is 0.000635. The van der Waals surface area contributed by atoms with Crippen molar-refractivity contribution in [3.8, 4) is 16.9 Å². The molecule has 1 aliphatic heterocycles. The smallest absolute Gasteiger partial charge is 0.404 e. The number of para-hydroxylation sites is 2. The number of ether oxygens (including phenoxy) is 1. The van der Waals surface area contributed by atoms with E-state index in [9.17, 15) is 26.4 Å². The lowest BCUT2D eigenvalue weighted by atomic mass is 9.99. The van der Waals surface area contributed by atoms with Gasteiger partial charge in [-0.1, -0.05) is 84.9 Å². The van der Waals surface area contributed by atoms with Gasteiger partial charge in [0.1, 0.15) is 16.7 Å². The van der Waals surface area contributed by atoms with Crippen molar-refractivity contribution in [2.45, 2.75) is 30.3 Å². The summed E-state index contributed by atoms with van der Waals surface area (Å²) in [6.45, 7) is -0.224. The Labute approximate surface area is 230 Å². The zero-order valence-electron chi connectivity index (χ0n) is 21.4. The summed E-state index contributed by atoms with van der Waals surface area (Å²) in [7, 11) is -3.10. The highest BCUT2D eigenvalue weighted by Gasteiger charge is 2.43. The number of rotatable bonds is 6. The molecule has 4 aromatic rings. The molecule has 0 aromatic heterocycles. The van der Waals surface area contributed by atoms with Crippen LogP contribution in [0.15, 0.2) is 108 Å². The van der Waals surface area contributed by atoms with Crippen molar-refractivity contribution in [2.75, 3.05) is 11.9 Å². The Morgan fingerprint density at radius 1 is 0.850 bits per heavy atom. The third-order valence-corrected chi connectivity index (χ3v) is 8.66. The maximum Gasteiger partial charge on any atom is 0.573 e. The Morgan fingerprint density at radius 2 is 1.50 bits per heavy atom. The molecule has 0 saturated carbocycles. The largest absolute Gasteiger partial charge is 0.573 e. The standard InChI is InChI=1S/C30H25F3N2O4S/c1-34-25-15-6-5-13-24(25)20-35(40(37,38)28-17-8-7-16-27(28)39-30(31,32)33)26(29(34)36)19-21-10-9-14-23(18-21)22-11-3-2-4-12-22/h2-18,26H,19-20H2,1H3. The number of amides is 1. The number of carbonyl (C=O) groups excluding carboxylic acids is 1. The Bertz CT molecular complexity index is 1640. The molecule has 1 heterocycles. The van der Waals surface area contributed by atoms with Gasteiger partial charge in [-0.2, -0.15) is 4.31 Å². The van der Waals surface area contributed by atoms with Gasteiger partial charge < -0.3 is 9.64 Å². The van der Waals surface area contributed by atoms with Crippen LogP contribution in [0.3, 0.4) is 0 Å². The van der Waals surface area contributed by atoms with Crippen LogP contribution >= 0.6 is 0 Å². The minimum Gasteiger partial charge on any atom is -0.404 e. The summed E-state index contributed by atoms with van der Waals surface area (Å²) in [6, 6.07) is 27.1. The van der Waals surface area contributed by atoms with Crippen molar-refractivity contribution in [2.24, 2.45) is 0 Å². The molecule has 1 unspecified atom stereocenters. The molecule has 5 rings (SSSR count). The van der Waals surface area contributed by atoms with Gasteiger partial charge in [0.2, 0.25) is 15.9 Å². The van der Waals surface area contributed by atoms with Crippen LogP contribution in [0.2, 0.25) is 0 Å². The number of hydrogen-bond donors (Lipinski definition) is 0. The van der Waals surface area contributed by atoms with Crippen LogP contribution in [0.25, 0.3) is 11.1 Å². The molecule has 0 bridgehead atoms. The number of nitrogens with zero attached hydrogens (tertiary/aromatic N) is 2. The highest BCUT2D eigenvalue weighted by molar-refractivity contribution is 7.89. The first kappa shape index (κ1) is 27.4. The monoisotopic (exact) mass is 566 g/mol. The van der Waals surface area contributed by atoms with Crippen LogP contribution in [-0.4, -0.2) is 38.1 Å². The molecule has 0 saturated heterocycles. The fourth-order valence-corrected chi connectivity index (χ4v) is 6.56. The van der Waals surface area contributed by atoms with E-state index >= 15 is 0 Å². The molecule has 1 aliphatic rings. The number of carbonyl (C=O) groups is 1. The molecule has 0 N–H and O–H groups in total. The number of fused-ring (bicyclic) bond motifs is 1. The zero-order chi connectivity index (χ0) is 28.5. The van der Waals surface area contributed by atoms with Crippen LogP contribution in [-0.2, 0) is 27.8 Å². The summed E-state index contributed by atoms with van der Waals surface area (Å²) in [5, 5.41) is 0. The van der Waals surface area contributed by atoms with Gasteiger partial charge in [0.25, 0.3) is 0 Å². The predicted molar refractivity (Wildman–Crippen MR) is 145 cm³/mol. The van der Waals surface area contributed by atoms with E-state index in [0.717, 1.165) is 27.6 Å². The number of likely N-dealkylation sites (N-methyl/N-ethyl adjacent to an activating group) is 1. The molecule has 206 valence electrons. The molecule has 6 nitrogen and oxygen atoms in total. The van der Waals surface area contributed by atoms with Crippen molar-refractivity contribution in [1.82, 2.24) is 4.31 Å². The molecule has 0 aliphatic carbocycles. The average molecular weight is 567 g/mol. The maximum atomic E-state index is 14.1. The van der Waals surface area contributed by atoms with Gasteiger partial charge in [0.15, 0.2) is 0 Å². The Balaban J connectivity index is 1.61. The Morgan fingerprint density at radius 3 is 2.25 bits per heavy atom. The van der Waals surface area contributed by atoms with Crippen LogP contribution in [0.1, 0.15) is 11.1 Å². The van der Waals surface area contributed by atoms with E-state index in [1.165, 1.54) is 17.0 Å². The van der Waals surface area contributed by atoms with Gasteiger partial charge in [-0.25, -0.2) is 8.42 Å². The Hall–Kier alpha value is -4.15. The first-order valence-corrected chi connectivity index (χ1v) is 13.8. The molecule has 1 amide bonds. The summed E-state index contributed by atoms with van der Waals surface area (Å²) < 4.78 is 72.8. The molecule has 0 spiro atoms.